The van der Waals surface area contributed by atoms with Crippen LogP contribution in [0.1, 0.15) is 71.1 Å². The molecule has 0 aromatic carbocycles. The number of fused-ring (bicyclic) bond motifs is 1. The summed E-state index contributed by atoms with van der Waals surface area (Å²) in [6, 6.07) is 4.36. The zero-order valence-electron chi connectivity index (χ0n) is 22.7. The molecule has 7 rings (SSSR count). The van der Waals surface area contributed by atoms with E-state index in [1.54, 1.807) is 17.7 Å². The van der Waals surface area contributed by atoms with Crippen LogP contribution in [0.15, 0.2) is 18.5 Å². The van der Waals surface area contributed by atoms with E-state index >= 15 is 0 Å². The van der Waals surface area contributed by atoms with Gasteiger partial charge in [0.2, 0.25) is 11.9 Å². The van der Waals surface area contributed by atoms with Crippen molar-refractivity contribution in [1.82, 2.24) is 30.3 Å². The molecule has 4 aliphatic rings. The first-order valence-corrected chi connectivity index (χ1v) is 15.3. The quantitative estimate of drug-likeness (QED) is 0.363. The van der Waals surface area contributed by atoms with Crippen LogP contribution >= 0.6 is 11.3 Å². The summed E-state index contributed by atoms with van der Waals surface area (Å²) in [5.74, 6) is 2.30. The van der Waals surface area contributed by atoms with Gasteiger partial charge < -0.3 is 20.9 Å². The van der Waals surface area contributed by atoms with E-state index in [0.717, 1.165) is 68.2 Å². The lowest BCUT2D eigenvalue weighted by Crippen LogP contribution is -2.30. The van der Waals surface area contributed by atoms with E-state index in [4.69, 9.17) is 0 Å². The highest BCUT2D eigenvalue weighted by molar-refractivity contribution is 7.17. The van der Waals surface area contributed by atoms with Crippen molar-refractivity contribution >= 4 is 39.9 Å². The fourth-order valence-corrected chi connectivity index (χ4v) is 7.02. The van der Waals surface area contributed by atoms with Crippen LogP contribution in [0.2, 0.25) is 0 Å². The predicted octanol–water partition coefficient (Wildman–Crippen LogP) is 3.35. The van der Waals surface area contributed by atoms with Crippen LogP contribution < -0.4 is 20.9 Å². The smallest absolute Gasteiger partial charge is 0.254 e. The van der Waals surface area contributed by atoms with Crippen molar-refractivity contribution < 1.29 is 9.59 Å². The molecule has 4 heterocycles. The lowest BCUT2D eigenvalue weighted by molar-refractivity contribution is -0.117. The van der Waals surface area contributed by atoms with Gasteiger partial charge in [-0.2, -0.15) is 5.10 Å². The Bertz CT molecular complexity index is 1410. The van der Waals surface area contributed by atoms with E-state index in [9.17, 15) is 9.59 Å². The third kappa shape index (κ3) is 5.28. The molecular formula is C28H35N9O2S. The first kappa shape index (κ1) is 25.4. The molecule has 2 amide bonds. The highest BCUT2D eigenvalue weighted by Crippen LogP contribution is 2.43. The molecule has 2 saturated carbocycles. The average molecular weight is 562 g/mol. The zero-order valence-corrected chi connectivity index (χ0v) is 23.5. The molecule has 0 spiro atoms. The zero-order chi connectivity index (χ0) is 27.2. The molecule has 40 heavy (non-hydrogen) atoms. The summed E-state index contributed by atoms with van der Waals surface area (Å²) in [4.78, 5) is 29.5. The Kier molecular flexibility index (Phi) is 6.65. The molecule has 11 nitrogen and oxygen atoms in total. The fourth-order valence-electron chi connectivity index (χ4n) is 5.78. The number of aryl methyl sites for hydroxylation is 2. The maximum absolute atomic E-state index is 13.4. The van der Waals surface area contributed by atoms with Crippen LogP contribution in [-0.4, -0.2) is 62.5 Å². The van der Waals surface area contributed by atoms with Gasteiger partial charge >= 0.3 is 0 Å². The number of thiophene rings is 1. The Hall–Kier alpha value is -3.54. The summed E-state index contributed by atoms with van der Waals surface area (Å²) < 4.78 is 2.13. The van der Waals surface area contributed by atoms with E-state index < -0.39 is 0 Å². The van der Waals surface area contributed by atoms with Crippen molar-refractivity contribution in [3.8, 4) is 0 Å². The van der Waals surface area contributed by atoms with Crippen LogP contribution in [0.5, 0.6) is 0 Å². The van der Waals surface area contributed by atoms with Crippen LogP contribution in [-0.2, 0) is 17.6 Å². The standard InChI is InChI=1S/C28H35N9O2S/c1-16-2-9-23(34-33-16)36-11-10-19(14-36)31-28-35-30-15-37(28)20-7-8-22-21(12-20)24(26(39)29-13-17-3-4-17)27(40-22)32-25(38)18-5-6-18/h2,9,15,17-20H,3-8,10-14H2,1H3,(H,29,39)(H,31,35)(H,32,38)/t19-,20-/m0/s1. The number of rotatable bonds is 9. The van der Waals surface area contributed by atoms with Crippen molar-refractivity contribution in [2.75, 3.05) is 35.2 Å². The number of nitrogens with zero attached hydrogens (tertiary/aromatic N) is 6. The lowest BCUT2D eigenvalue weighted by Gasteiger charge is -2.26. The Morgan fingerprint density at radius 1 is 1.07 bits per heavy atom. The Morgan fingerprint density at radius 2 is 1.95 bits per heavy atom. The largest absolute Gasteiger partial charge is 0.353 e. The molecule has 3 aliphatic carbocycles. The Labute approximate surface area is 237 Å². The van der Waals surface area contributed by atoms with E-state index in [1.165, 1.54) is 17.7 Å². The third-order valence-electron chi connectivity index (χ3n) is 8.49. The second-order valence-corrected chi connectivity index (χ2v) is 12.8. The van der Waals surface area contributed by atoms with E-state index in [0.29, 0.717) is 29.4 Å². The fraction of sp³-hybridized carbons (Fsp3) is 0.571. The number of nitrogens with one attached hydrogen (secondary N) is 3. The molecule has 3 N–H and O–H groups in total. The predicted molar refractivity (Wildman–Crippen MR) is 153 cm³/mol. The number of carbonyl (C=O) groups is 2. The Morgan fingerprint density at radius 3 is 2.73 bits per heavy atom. The van der Waals surface area contributed by atoms with Gasteiger partial charge in [0.25, 0.3) is 5.91 Å². The molecule has 3 aromatic rings. The van der Waals surface area contributed by atoms with Crippen molar-refractivity contribution in [1.29, 1.82) is 0 Å². The minimum Gasteiger partial charge on any atom is -0.353 e. The SMILES string of the molecule is Cc1ccc(N2CC[C@H](Nc3nncn3[C@H]3CCc4sc(NC(=O)C5CC5)c(C(=O)NCC5CC5)c4C3)C2)nn1. The minimum absolute atomic E-state index is 0.0407. The molecule has 0 bridgehead atoms. The molecule has 3 aromatic heterocycles. The maximum atomic E-state index is 13.4. The monoisotopic (exact) mass is 561 g/mol. The summed E-state index contributed by atoms with van der Waals surface area (Å²) in [5.41, 5.74) is 2.63. The van der Waals surface area contributed by atoms with Gasteiger partial charge in [-0.15, -0.1) is 26.6 Å². The summed E-state index contributed by atoms with van der Waals surface area (Å²) in [6.45, 7) is 4.37. The van der Waals surface area contributed by atoms with E-state index in [2.05, 4.69) is 45.8 Å². The summed E-state index contributed by atoms with van der Waals surface area (Å²) in [6.07, 6.45) is 9.47. The highest BCUT2D eigenvalue weighted by atomic mass is 32.1. The van der Waals surface area contributed by atoms with Crippen LogP contribution in [0, 0.1) is 18.8 Å². The van der Waals surface area contributed by atoms with Crippen molar-refractivity contribution in [2.45, 2.75) is 70.4 Å². The van der Waals surface area contributed by atoms with Crippen molar-refractivity contribution in [3.63, 3.8) is 0 Å². The van der Waals surface area contributed by atoms with Crippen LogP contribution in [0.25, 0.3) is 0 Å². The molecule has 3 fully saturated rings. The minimum atomic E-state index is -0.0662. The molecular weight excluding hydrogens is 526 g/mol. The second kappa shape index (κ2) is 10.5. The van der Waals surface area contributed by atoms with Gasteiger partial charge in [-0.1, -0.05) is 0 Å². The van der Waals surface area contributed by atoms with E-state index in [1.807, 2.05) is 19.1 Å². The first-order chi connectivity index (χ1) is 19.5. The molecule has 0 radical (unpaired) electrons. The van der Waals surface area contributed by atoms with Crippen molar-refractivity contribution in [3.05, 3.63) is 40.2 Å². The molecule has 1 aliphatic heterocycles. The number of hydrogen-bond acceptors (Lipinski definition) is 9. The number of amides is 2. The summed E-state index contributed by atoms with van der Waals surface area (Å²) in [7, 11) is 0. The van der Waals surface area contributed by atoms with Gasteiger partial charge in [0.1, 0.15) is 11.3 Å². The summed E-state index contributed by atoms with van der Waals surface area (Å²) in [5, 5.41) is 27.8. The van der Waals surface area contributed by atoms with Crippen molar-refractivity contribution in [2.24, 2.45) is 11.8 Å². The maximum Gasteiger partial charge on any atom is 0.254 e. The number of hydrogen-bond donors (Lipinski definition) is 3. The molecule has 2 atom stereocenters. The Balaban J connectivity index is 1.08. The normalized spacial score (nSPS) is 22.2. The molecule has 12 heteroatoms. The average Bonchev–Trinajstić information content (AvgIpc) is 3.85. The van der Waals surface area contributed by atoms with Gasteiger partial charge in [0.15, 0.2) is 5.82 Å². The summed E-state index contributed by atoms with van der Waals surface area (Å²) >= 11 is 1.58. The van der Waals surface area contributed by atoms with Gasteiger partial charge in [-0.25, -0.2) is 0 Å². The van der Waals surface area contributed by atoms with E-state index in [-0.39, 0.29) is 29.8 Å². The van der Waals surface area contributed by atoms with Crippen LogP contribution in [0.3, 0.4) is 0 Å². The second-order valence-electron chi connectivity index (χ2n) is 11.7. The topological polar surface area (TPSA) is 130 Å². The van der Waals surface area contributed by atoms with Gasteiger partial charge in [-0.05, 0) is 81.9 Å². The van der Waals surface area contributed by atoms with Crippen LogP contribution in [0.4, 0.5) is 16.8 Å². The molecule has 1 saturated heterocycles. The first-order valence-electron chi connectivity index (χ1n) is 14.5. The van der Waals surface area contributed by atoms with Gasteiger partial charge in [-0.3, -0.25) is 14.2 Å². The highest BCUT2D eigenvalue weighted by Gasteiger charge is 2.35. The molecule has 210 valence electrons. The van der Waals surface area contributed by atoms with Gasteiger partial charge in [0.05, 0.1) is 11.3 Å². The number of aromatic nitrogens is 5. The number of anilines is 3. The van der Waals surface area contributed by atoms with Gasteiger partial charge in [0, 0.05) is 42.5 Å². The number of carbonyl (C=O) groups excluding carboxylic acids is 2. The third-order valence-corrected chi connectivity index (χ3v) is 9.70. The molecule has 0 unspecified atom stereocenters. The lowest BCUT2D eigenvalue weighted by atomic mass is 9.91.